The molecule has 0 spiro atoms. The van der Waals surface area contributed by atoms with E-state index in [9.17, 15) is 4.79 Å². The van der Waals surface area contributed by atoms with Gasteiger partial charge in [-0.3, -0.25) is 9.55 Å². The van der Waals surface area contributed by atoms with Crippen molar-refractivity contribution in [2.75, 3.05) is 0 Å². The molecule has 0 aliphatic heterocycles. The van der Waals surface area contributed by atoms with Gasteiger partial charge in [0, 0.05) is 16.0 Å². The predicted octanol–water partition coefficient (Wildman–Crippen LogP) is 3.87. The van der Waals surface area contributed by atoms with Gasteiger partial charge >= 0.3 is 5.69 Å². The fourth-order valence-electron chi connectivity index (χ4n) is 2.49. The van der Waals surface area contributed by atoms with Gasteiger partial charge in [-0.1, -0.05) is 30.0 Å². The van der Waals surface area contributed by atoms with Crippen molar-refractivity contribution < 1.29 is 0 Å². The van der Waals surface area contributed by atoms with Crippen LogP contribution >= 0.6 is 11.8 Å². The fourth-order valence-corrected chi connectivity index (χ4v) is 3.33. The number of pyridine rings is 1. The van der Waals surface area contributed by atoms with Crippen molar-refractivity contribution in [1.82, 2.24) is 14.5 Å². The molecule has 0 saturated carbocycles. The summed E-state index contributed by atoms with van der Waals surface area (Å²) in [5.74, 6) is 0. The van der Waals surface area contributed by atoms with Gasteiger partial charge in [-0.05, 0) is 42.5 Å². The molecule has 23 heavy (non-hydrogen) atoms. The topological polar surface area (TPSA) is 50.7 Å². The number of hydrogen-bond acceptors (Lipinski definition) is 3. The molecular formula is C18H13N3OS. The van der Waals surface area contributed by atoms with E-state index in [-0.39, 0.29) is 5.69 Å². The number of aromatic nitrogens is 3. The molecule has 4 aromatic rings. The number of aromatic amines is 1. The number of rotatable bonds is 3. The minimum Gasteiger partial charge on any atom is -0.305 e. The summed E-state index contributed by atoms with van der Waals surface area (Å²) in [4.78, 5) is 21.5. The Morgan fingerprint density at radius 1 is 0.913 bits per heavy atom. The Bertz CT molecular complexity index is 1000. The lowest BCUT2D eigenvalue weighted by Crippen LogP contribution is -2.14. The van der Waals surface area contributed by atoms with Crippen LogP contribution in [-0.4, -0.2) is 14.5 Å². The van der Waals surface area contributed by atoms with Crippen LogP contribution in [0.15, 0.2) is 87.6 Å². The van der Waals surface area contributed by atoms with Crippen molar-refractivity contribution in [1.29, 1.82) is 0 Å². The largest absolute Gasteiger partial charge is 0.331 e. The first-order valence-electron chi connectivity index (χ1n) is 7.19. The van der Waals surface area contributed by atoms with Gasteiger partial charge in [0.1, 0.15) is 0 Å². The van der Waals surface area contributed by atoms with Crippen LogP contribution in [0.3, 0.4) is 0 Å². The first-order valence-corrected chi connectivity index (χ1v) is 8.01. The highest BCUT2D eigenvalue weighted by molar-refractivity contribution is 7.99. The molecule has 5 heteroatoms. The maximum Gasteiger partial charge on any atom is 0.331 e. The standard InChI is InChI=1S/C18H13N3OS/c22-18-20-16-10-11-19-12-17(16)21(18)13-6-8-15(9-7-13)23-14-4-2-1-3-5-14/h1-12H,(H,20,22). The SMILES string of the molecule is O=c1[nH]c2ccncc2n1-c1ccc(Sc2ccccc2)cc1. The third-order valence-corrected chi connectivity index (χ3v) is 4.58. The van der Waals surface area contributed by atoms with Gasteiger partial charge < -0.3 is 4.98 Å². The van der Waals surface area contributed by atoms with Gasteiger partial charge in [-0.15, -0.1) is 0 Å². The molecule has 0 bridgehead atoms. The first kappa shape index (κ1) is 13.8. The van der Waals surface area contributed by atoms with E-state index in [1.165, 1.54) is 4.90 Å². The van der Waals surface area contributed by atoms with Gasteiger partial charge in [-0.25, -0.2) is 4.79 Å². The Balaban J connectivity index is 1.70. The summed E-state index contributed by atoms with van der Waals surface area (Å²) in [6.45, 7) is 0. The maximum absolute atomic E-state index is 12.2. The van der Waals surface area contributed by atoms with E-state index < -0.39 is 0 Å². The second-order valence-electron chi connectivity index (χ2n) is 5.07. The minimum absolute atomic E-state index is 0.156. The molecule has 4 rings (SSSR count). The molecule has 4 nitrogen and oxygen atoms in total. The molecule has 1 N–H and O–H groups in total. The summed E-state index contributed by atoms with van der Waals surface area (Å²) in [6.07, 6.45) is 3.36. The van der Waals surface area contributed by atoms with Crippen molar-refractivity contribution >= 4 is 22.8 Å². The molecule has 112 valence electrons. The molecule has 2 heterocycles. The van der Waals surface area contributed by atoms with Gasteiger partial charge in [0.25, 0.3) is 0 Å². The van der Waals surface area contributed by atoms with Crippen molar-refractivity contribution in [3.63, 3.8) is 0 Å². The summed E-state index contributed by atoms with van der Waals surface area (Å²) in [7, 11) is 0. The number of H-pyrrole nitrogens is 1. The summed E-state index contributed by atoms with van der Waals surface area (Å²) in [5.41, 5.74) is 2.23. The average Bonchev–Trinajstić information content (AvgIpc) is 2.92. The second-order valence-corrected chi connectivity index (χ2v) is 6.21. The van der Waals surface area contributed by atoms with Gasteiger partial charge in [0.15, 0.2) is 0 Å². The molecule has 0 amide bonds. The molecule has 0 atom stereocenters. The quantitative estimate of drug-likeness (QED) is 0.624. The highest BCUT2D eigenvalue weighted by Crippen LogP contribution is 2.28. The third kappa shape index (κ3) is 2.66. The summed E-state index contributed by atoms with van der Waals surface area (Å²) in [6, 6.07) is 20.0. The monoisotopic (exact) mass is 319 g/mol. The molecule has 0 aliphatic carbocycles. The molecular weight excluding hydrogens is 306 g/mol. The van der Waals surface area contributed by atoms with Crippen LogP contribution in [0.25, 0.3) is 16.7 Å². The number of benzene rings is 2. The first-order chi connectivity index (χ1) is 11.3. The van der Waals surface area contributed by atoms with E-state index in [2.05, 4.69) is 22.1 Å². The zero-order chi connectivity index (χ0) is 15.6. The van der Waals surface area contributed by atoms with E-state index in [4.69, 9.17) is 0 Å². The normalized spacial score (nSPS) is 11.0. The molecule has 2 aromatic carbocycles. The van der Waals surface area contributed by atoms with Crippen molar-refractivity contribution in [3.8, 4) is 5.69 Å². The van der Waals surface area contributed by atoms with Crippen LogP contribution in [0.5, 0.6) is 0 Å². The van der Waals surface area contributed by atoms with Gasteiger partial charge in [0.05, 0.1) is 22.9 Å². The van der Waals surface area contributed by atoms with Crippen LogP contribution < -0.4 is 5.69 Å². The van der Waals surface area contributed by atoms with E-state index in [0.717, 1.165) is 21.6 Å². The molecule has 0 unspecified atom stereocenters. The van der Waals surface area contributed by atoms with Crippen molar-refractivity contribution in [2.45, 2.75) is 9.79 Å². The predicted molar refractivity (Wildman–Crippen MR) is 92.3 cm³/mol. The van der Waals surface area contributed by atoms with E-state index in [1.54, 1.807) is 34.8 Å². The number of fused-ring (bicyclic) bond motifs is 1. The zero-order valence-electron chi connectivity index (χ0n) is 12.1. The van der Waals surface area contributed by atoms with Crippen LogP contribution in [0, 0.1) is 0 Å². The lowest BCUT2D eigenvalue weighted by Gasteiger charge is -2.05. The molecule has 0 aliphatic rings. The smallest absolute Gasteiger partial charge is 0.305 e. The van der Waals surface area contributed by atoms with Gasteiger partial charge in [-0.2, -0.15) is 0 Å². The third-order valence-electron chi connectivity index (χ3n) is 3.56. The van der Waals surface area contributed by atoms with Crippen LogP contribution in [0.4, 0.5) is 0 Å². The molecule has 0 radical (unpaired) electrons. The average molecular weight is 319 g/mol. The number of nitrogens with zero attached hydrogens (tertiary/aromatic N) is 2. The lowest BCUT2D eigenvalue weighted by molar-refractivity contribution is 1.01. The fraction of sp³-hybridized carbons (Fsp3) is 0. The van der Waals surface area contributed by atoms with E-state index in [0.29, 0.717) is 0 Å². The minimum atomic E-state index is -0.156. The summed E-state index contributed by atoms with van der Waals surface area (Å²) in [5, 5.41) is 0. The second kappa shape index (κ2) is 5.78. The van der Waals surface area contributed by atoms with Crippen LogP contribution in [0.2, 0.25) is 0 Å². The summed E-state index contributed by atoms with van der Waals surface area (Å²) < 4.78 is 1.64. The van der Waals surface area contributed by atoms with Crippen molar-refractivity contribution in [3.05, 3.63) is 83.5 Å². The Kier molecular flexibility index (Phi) is 3.48. The number of hydrogen-bond donors (Lipinski definition) is 1. The Hall–Kier alpha value is -2.79. The Morgan fingerprint density at radius 3 is 2.43 bits per heavy atom. The summed E-state index contributed by atoms with van der Waals surface area (Å²) >= 11 is 1.69. The molecule has 0 fully saturated rings. The number of imidazole rings is 1. The van der Waals surface area contributed by atoms with Crippen LogP contribution in [-0.2, 0) is 0 Å². The Labute approximate surface area is 136 Å². The van der Waals surface area contributed by atoms with Crippen molar-refractivity contribution in [2.24, 2.45) is 0 Å². The highest BCUT2D eigenvalue weighted by Gasteiger charge is 2.08. The molecule has 0 saturated heterocycles. The Morgan fingerprint density at radius 2 is 1.65 bits per heavy atom. The van der Waals surface area contributed by atoms with E-state index >= 15 is 0 Å². The number of nitrogens with one attached hydrogen (secondary N) is 1. The maximum atomic E-state index is 12.2. The highest BCUT2D eigenvalue weighted by atomic mass is 32.2. The lowest BCUT2D eigenvalue weighted by atomic mass is 10.3. The zero-order valence-corrected chi connectivity index (χ0v) is 13.0. The van der Waals surface area contributed by atoms with Crippen LogP contribution in [0.1, 0.15) is 0 Å². The van der Waals surface area contributed by atoms with E-state index in [1.807, 2.05) is 42.5 Å². The molecule has 2 aromatic heterocycles. The van der Waals surface area contributed by atoms with Gasteiger partial charge in [0.2, 0.25) is 0 Å².